The second-order valence-corrected chi connectivity index (χ2v) is 4.87. The third-order valence-corrected chi connectivity index (χ3v) is 3.59. The van der Waals surface area contributed by atoms with Gasteiger partial charge in [-0.2, -0.15) is 0 Å². The van der Waals surface area contributed by atoms with Gasteiger partial charge in [0.05, 0.1) is 0 Å². The Bertz CT molecular complexity index is 574. The highest BCUT2D eigenvalue weighted by Crippen LogP contribution is 2.20. The summed E-state index contributed by atoms with van der Waals surface area (Å²) in [6, 6.07) is 13.9. The normalized spacial score (nSPS) is 12.4. The van der Waals surface area contributed by atoms with Gasteiger partial charge in [0, 0.05) is 18.7 Å². The van der Waals surface area contributed by atoms with Crippen molar-refractivity contribution in [2.24, 2.45) is 5.73 Å². The van der Waals surface area contributed by atoms with Gasteiger partial charge in [-0.15, -0.1) is 0 Å². The molecule has 0 saturated carbocycles. The predicted molar refractivity (Wildman–Crippen MR) is 79.2 cm³/mol. The van der Waals surface area contributed by atoms with Crippen LogP contribution in [0, 0.1) is 0 Å². The van der Waals surface area contributed by atoms with Crippen molar-refractivity contribution in [1.29, 1.82) is 0 Å². The van der Waals surface area contributed by atoms with E-state index in [0.717, 1.165) is 22.8 Å². The molecule has 3 nitrogen and oxygen atoms in total. The van der Waals surface area contributed by atoms with Crippen LogP contribution in [0.2, 0.25) is 0 Å². The van der Waals surface area contributed by atoms with Crippen LogP contribution in [0.4, 0.5) is 0 Å². The zero-order chi connectivity index (χ0) is 13.8. The lowest BCUT2D eigenvalue weighted by Crippen LogP contribution is -2.36. The summed E-state index contributed by atoms with van der Waals surface area (Å²) in [5, 5.41) is 2.09. The summed E-state index contributed by atoms with van der Waals surface area (Å²) in [6.45, 7) is 2.62. The van der Waals surface area contributed by atoms with Gasteiger partial charge in [-0.3, -0.25) is 4.79 Å². The predicted octanol–water partition coefficient (Wildman–Crippen LogP) is 2.65. The van der Waals surface area contributed by atoms with E-state index in [1.807, 2.05) is 56.4 Å². The number of nitrogens with zero attached hydrogens (tertiary/aromatic N) is 1. The molecule has 100 valence electrons. The van der Waals surface area contributed by atoms with Crippen LogP contribution in [-0.4, -0.2) is 30.4 Å². The number of nitrogens with two attached hydrogens (primary N) is 1. The van der Waals surface area contributed by atoms with E-state index in [0.29, 0.717) is 6.54 Å². The Hall–Kier alpha value is -1.87. The number of rotatable bonds is 4. The number of carbonyl (C=O) groups excluding carboxylic acids is 1. The Morgan fingerprint density at radius 3 is 2.63 bits per heavy atom. The first kappa shape index (κ1) is 13.6. The fraction of sp³-hybridized carbons (Fsp3) is 0.312. The van der Waals surface area contributed by atoms with E-state index in [-0.39, 0.29) is 11.9 Å². The van der Waals surface area contributed by atoms with Crippen molar-refractivity contribution in [3.63, 3.8) is 0 Å². The van der Waals surface area contributed by atoms with Crippen molar-refractivity contribution < 1.29 is 4.79 Å². The standard InChI is InChI=1S/C16H20N2O/c1-12(10-11-17)18(2)16(19)15-9-5-7-13-6-3-4-8-14(13)15/h3-9,12H,10-11,17H2,1-2H3. The maximum atomic E-state index is 12.6. The second kappa shape index (κ2) is 5.85. The molecule has 0 aliphatic heterocycles. The van der Waals surface area contributed by atoms with Gasteiger partial charge in [-0.25, -0.2) is 0 Å². The molecule has 0 bridgehead atoms. The number of amides is 1. The van der Waals surface area contributed by atoms with Gasteiger partial charge < -0.3 is 10.6 Å². The van der Waals surface area contributed by atoms with E-state index in [4.69, 9.17) is 5.73 Å². The van der Waals surface area contributed by atoms with E-state index < -0.39 is 0 Å². The molecule has 3 heteroatoms. The molecule has 1 amide bonds. The maximum Gasteiger partial charge on any atom is 0.254 e. The van der Waals surface area contributed by atoms with Crippen LogP contribution in [0.1, 0.15) is 23.7 Å². The molecule has 0 radical (unpaired) electrons. The molecule has 0 fully saturated rings. The number of fused-ring (bicyclic) bond motifs is 1. The van der Waals surface area contributed by atoms with Gasteiger partial charge in [0.15, 0.2) is 0 Å². The molecular weight excluding hydrogens is 236 g/mol. The SMILES string of the molecule is CC(CCN)N(C)C(=O)c1cccc2ccccc12. The Kier molecular flexibility index (Phi) is 4.17. The van der Waals surface area contributed by atoms with Crippen molar-refractivity contribution in [3.8, 4) is 0 Å². The van der Waals surface area contributed by atoms with Crippen molar-refractivity contribution in [3.05, 3.63) is 48.0 Å². The molecule has 0 heterocycles. The van der Waals surface area contributed by atoms with E-state index in [1.54, 1.807) is 4.90 Å². The first-order chi connectivity index (χ1) is 9.15. The Balaban J connectivity index is 2.36. The van der Waals surface area contributed by atoms with Gasteiger partial charge in [-0.1, -0.05) is 36.4 Å². The van der Waals surface area contributed by atoms with Gasteiger partial charge in [-0.05, 0) is 36.7 Å². The third kappa shape index (κ3) is 2.76. The lowest BCUT2D eigenvalue weighted by molar-refractivity contribution is 0.0741. The molecule has 0 aliphatic carbocycles. The second-order valence-electron chi connectivity index (χ2n) is 4.87. The molecule has 2 aromatic rings. The smallest absolute Gasteiger partial charge is 0.254 e. The summed E-state index contributed by atoms with van der Waals surface area (Å²) >= 11 is 0. The first-order valence-electron chi connectivity index (χ1n) is 6.60. The average Bonchev–Trinajstić information content (AvgIpc) is 2.45. The van der Waals surface area contributed by atoms with Gasteiger partial charge in [0.1, 0.15) is 0 Å². The molecule has 0 aliphatic rings. The molecule has 2 aromatic carbocycles. The number of benzene rings is 2. The van der Waals surface area contributed by atoms with Crippen LogP contribution in [0.15, 0.2) is 42.5 Å². The molecule has 2 N–H and O–H groups in total. The fourth-order valence-electron chi connectivity index (χ4n) is 2.24. The lowest BCUT2D eigenvalue weighted by Gasteiger charge is -2.25. The first-order valence-corrected chi connectivity index (χ1v) is 6.60. The number of hydrogen-bond acceptors (Lipinski definition) is 2. The molecule has 0 spiro atoms. The fourth-order valence-corrected chi connectivity index (χ4v) is 2.24. The largest absolute Gasteiger partial charge is 0.339 e. The van der Waals surface area contributed by atoms with Gasteiger partial charge in [0.2, 0.25) is 0 Å². The zero-order valence-corrected chi connectivity index (χ0v) is 11.5. The molecule has 1 atom stereocenters. The Labute approximate surface area is 114 Å². The third-order valence-electron chi connectivity index (χ3n) is 3.59. The molecular formula is C16H20N2O. The Morgan fingerprint density at radius 2 is 1.89 bits per heavy atom. The topological polar surface area (TPSA) is 46.3 Å². The summed E-state index contributed by atoms with van der Waals surface area (Å²) in [5.74, 6) is 0.0535. The van der Waals surface area contributed by atoms with Gasteiger partial charge in [0.25, 0.3) is 5.91 Å². The highest BCUT2D eigenvalue weighted by molar-refractivity contribution is 6.07. The quantitative estimate of drug-likeness (QED) is 0.914. The van der Waals surface area contributed by atoms with Crippen LogP contribution in [-0.2, 0) is 0 Å². The summed E-state index contributed by atoms with van der Waals surface area (Å²) in [6.07, 6.45) is 0.813. The summed E-state index contributed by atoms with van der Waals surface area (Å²) in [4.78, 5) is 14.3. The molecule has 1 unspecified atom stereocenters. The minimum Gasteiger partial charge on any atom is -0.339 e. The molecule has 2 rings (SSSR count). The average molecular weight is 256 g/mol. The summed E-state index contributed by atoms with van der Waals surface area (Å²) in [5.41, 5.74) is 6.31. The summed E-state index contributed by atoms with van der Waals surface area (Å²) < 4.78 is 0. The maximum absolute atomic E-state index is 12.6. The van der Waals surface area contributed by atoms with E-state index in [2.05, 4.69) is 0 Å². The van der Waals surface area contributed by atoms with Crippen LogP contribution in [0.5, 0.6) is 0 Å². The lowest BCUT2D eigenvalue weighted by atomic mass is 10.0. The summed E-state index contributed by atoms with van der Waals surface area (Å²) in [7, 11) is 1.84. The van der Waals surface area contributed by atoms with Crippen LogP contribution in [0.25, 0.3) is 10.8 Å². The van der Waals surface area contributed by atoms with E-state index in [9.17, 15) is 4.79 Å². The van der Waals surface area contributed by atoms with Crippen LogP contribution >= 0.6 is 0 Å². The molecule has 19 heavy (non-hydrogen) atoms. The number of carbonyl (C=O) groups is 1. The van der Waals surface area contributed by atoms with Crippen molar-refractivity contribution in [2.75, 3.05) is 13.6 Å². The van der Waals surface area contributed by atoms with Crippen molar-refractivity contribution in [2.45, 2.75) is 19.4 Å². The highest BCUT2D eigenvalue weighted by atomic mass is 16.2. The minimum atomic E-state index is 0.0535. The van der Waals surface area contributed by atoms with Crippen molar-refractivity contribution in [1.82, 2.24) is 4.90 Å². The molecule has 0 aromatic heterocycles. The monoisotopic (exact) mass is 256 g/mol. The Morgan fingerprint density at radius 1 is 1.21 bits per heavy atom. The van der Waals surface area contributed by atoms with Crippen LogP contribution < -0.4 is 5.73 Å². The highest BCUT2D eigenvalue weighted by Gasteiger charge is 2.18. The van der Waals surface area contributed by atoms with Gasteiger partial charge >= 0.3 is 0 Å². The van der Waals surface area contributed by atoms with E-state index in [1.165, 1.54) is 0 Å². The molecule has 0 saturated heterocycles. The minimum absolute atomic E-state index is 0.0535. The van der Waals surface area contributed by atoms with Crippen LogP contribution in [0.3, 0.4) is 0 Å². The number of hydrogen-bond donors (Lipinski definition) is 1. The van der Waals surface area contributed by atoms with E-state index >= 15 is 0 Å². The van der Waals surface area contributed by atoms with Crippen molar-refractivity contribution >= 4 is 16.7 Å². The zero-order valence-electron chi connectivity index (χ0n) is 11.5.